The van der Waals surface area contributed by atoms with E-state index in [1.54, 1.807) is 12.1 Å². The maximum atomic E-state index is 12.7. The maximum absolute atomic E-state index is 12.7. The molecule has 0 aliphatic carbocycles. The third-order valence-electron chi connectivity index (χ3n) is 3.37. The van der Waals surface area contributed by atoms with Crippen molar-refractivity contribution in [1.29, 1.82) is 0 Å². The number of nitrogens with zero attached hydrogens (tertiary/aromatic N) is 1. The molecule has 1 atom stereocenters. The van der Waals surface area contributed by atoms with Crippen molar-refractivity contribution in [2.24, 2.45) is 0 Å². The molecule has 0 spiro atoms. The molecule has 1 aromatic carbocycles. The number of nitrogens with one attached hydrogen (secondary N) is 1. The summed E-state index contributed by atoms with van der Waals surface area (Å²) in [6, 6.07) is 6.04. The van der Waals surface area contributed by atoms with Gasteiger partial charge >= 0.3 is 0 Å². The SMILES string of the molecule is C=CCN(CC(=O)NC(C)CC)S(=O)(=O)c1ccc(OC)cc1. The van der Waals surface area contributed by atoms with Gasteiger partial charge in [0.05, 0.1) is 18.6 Å². The van der Waals surface area contributed by atoms with Gasteiger partial charge in [-0.3, -0.25) is 4.79 Å². The fourth-order valence-corrected chi connectivity index (χ4v) is 3.24. The molecule has 23 heavy (non-hydrogen) atoms. The molecule has 0 aromatic heterocycles. The monoisotopic (exact) mass is 340 g/mol. The van der Waals surface area contributed by atoms with Crippen molar-refractivity contribution in [1.82, 2.24) is 9.62 Å². The predicted octanol–water partition coefficient (Wildman–Crippen LogP) is 1.79. The molecule has 0 saturated heterocycles. The van der Waals surface area contributed by atoms with Crippen LogP contribution in [0.15, 0.2) is 41.8 Å². The summed E-state index contributed by atoms with van der Waals surface area (Å²) in [7, 11) is -2.27. The Kier molecular flexibility index (Phi) is 7.25. The van der Waals surface area contributed by atoms with Gasteiger partial charge in [-0.15, -0.1) is 6.58 Å². The zero-order chi connectivity index (χ0) is 17.5. The lowest BCUT2D eigenvalue weighted by atomic mass is 10.2. The van der Waals surface area contributed by atoms with E-state index in [0.29, 0.717) is 5.75 Å². The number of benzene rings is 1. The number of ether oxygens (including phenoxy) is 1. The summed E-state index contributed by atoms with van der Waals surface area (Å²) >= 11 is 0. The first kappa shape index (κ1) is 19.2. The van der Waals surface area contributed by atoms with Gasteiger partial charge in [0.2, 0.25) is 15.9 Å². The zero-order valence-corrected chi connectivity index (χ0v) is 14.6. The van der Waals surface area contributed by atoms with E-state index in [9.17, 15) is 13.2 Å². The Morgan fingerprint density at radius 3 is 2.48 bits per heavy atom. The zero-order valence-electron chi connectivity index (χ0n) is 13.8. The molecule has 0 aliphatic rings. The summed E-state index contributed by atoms with van der Waals surface area (Å²) in [5, 5.41) is 2.76. The van der Waals surface area contributed by atoms with E-state index in [0.717, 1.165) is 10.7 Å². The van der Waals surface area contributed by atoms with Crippen LogP contribution in [0.3, 0.4) is 0 Å². The van der Waals surface area contributed by atoms with E-state index >= 15 is 0 Å². The smallest absolute Gasteiger partial charge is 0.243 e. The Morgan fingerprint density at radius 2 is 2.00 bits per heavy atom. The summed E-state index contributed by atoms with van der Waals surface area (Å²) in [5.41, 5.74) is 0. The Labute approximate surface area is 138 Å². The largest absolute Gasteiger partial charge is 0.497 e. The minimum atomic E-state index is -3.78. The molecule has 1 unspecified atom stereocenters. The van der Waals surface area contributed by atoms with E-state index in [4.69, 9.17) is 4.74 Å². The lowest BCUT2D eigenvalue weighted by Gasteiger charge is -2.21. The highest BCUT2D eigenvalue weighted by Gasteiger charge is 2.26. The molecule has 7 heteroatoms. The van der Waals surface area contributed by atoms with Crippen molar-refractivity contribution in [3.8, 4) is 5.75 Å². The third-order valence-corrected chi connectivity index (χ3v) is 5.20. The Bertz CT molecular complexity index is 626. The van der Waals surface area contributed by atoms with Crippen LogP contribution in [0.4, 0.5) is 0 Å². The van der Waals surface area contributed by atoms with Gasteiger partial charge < -0.3 is 10.1 Å². The molecular formula is C16H24N2O4S. The summed E-state index contributed by atoms with van der Waals surface area (Å²) in [4.78, 5) is 12.1. The van der Waals surface area contributed by atoms with Crippen molar-refractivity contribution in [3.63, 3.8) is 0 Å². The minimum Gasteiger partial charge on any atom is -0.497 e. The standard InChI is InChI=1S/C16H24N2O4S/c1-5-11-18(12-16(19)17-13(3)6-2)23(20,21)15-9-7-14(22-4)8-10-15/h5,7-10,13H,1,6,11-12H2,2-4H3,(H,17,19). The van der Waals surface area contributed by atoms with Crippen LogP contribution < -0.4 is 10.1 Å². The second kappa shape index (κ2) is 8.69. The van der Waals surface area contributed by atoms with Gasteiger partial charge in [0.25, 0.3) is 0 Å². The summed E-state index contributed by atoms with van der Waals surface area (Å²) in [6.07, 6.45) is 2.23. The third kappa shape index (κ3) is 5.37. The molecule has 0 heterocycles. The number of methoxy groups -OCH3 is 1. The van der Waals surface area contributed by atoms with Gasteiger partial charge in [-0.25, -0.2) is 8.42 Å². The number of rotatable bonds is 9. The quantitative estimate of drug-likeness (QED) is 0.695. The predicted molar refractivity (Wildman–Crippen MR) is 89.8 cm³/mol. The van der Waals surface area contributed by atoms with Gasteiger partial charge in [-0.05, 0) is 37.6 Å². The van der Waals surface area contributed by atoms with Crippen LogP contribution in [0.2, 0.25) is 0 Å². The topological polar surface area (TPSA) is 75.7 Å². The number of carbonyl (C=O) groups excluding carboxylic acids is 1. The molecule has 0 aliphatic heterocycles. The van der Waals surface area contributed by atoms with E-state index in [1.807, 2.05) is 13.8 Å². The first-order valence-electron chi connectivity index (χ1n) is 7.39. The van der Waals surface area contributed by atoms with Crippen LogP contribution in [-0.2, 0) is 14.8 Å². The normalized spacial score (nSPS) is 12.7. The van der Waals surface area contributed by atoms with Crippen molar-refractivity contribution < 1.29 is 17.9 Å². The van der Waals surface area contributed by atoms with Gasteiger partial charge in [0.15, 0.2) is 0 Å². The van der Waals surface area contributed by atoms with E-state index in [1.165, 1.54) is 25.3 Å². The first-order valence-corrected chi connectivity index (χ1v) is 8.83. The Hall–Kier alpha value is -1.86. The van der Waals surface area contributed by atoms with Crippen LogP contribution in [-0.4, -0.2) is 44.9 Å². The maximum Gasteiger partial charge on any atom is 0.243 e. The molecule has 0 bridgehead atoms. The number of carbonyl (C=O) groups is 1. The minimum absolute atomic E-state index is 0.00299. The van der Waals surface area contributed by atoms with Crippen LogP contribution >= 0.6 is 0 Å². The highest BCUT2D eigenvalue weighted by atomic mass is 32.2. The lowest BCUT2D eigenvalue weighted by Crippen LogP contribution is -2.43. The average molecular weight is 340 g/mol. The van der Waals surface area contributed by atoms with E-state index in [-0.39, 0.29) is 29.9 Å². The molecule has 0 fully saturated rings. The summed E-state index contributed by atoms with van der Waals surface area (Å²) in [5.74, 6) is 0.229. The molecule has 1 rings (SSSR count). The molecule has 1 amide bonds. The van der Waals surface area contributed by atoms with Crippen molar-refractivity contribution in [2.45, 2.75) is 31.2 Å². The van der Waals surface area contributed by atoms with Crippen LogP contribution in [0, 0.1) is 0 Å². The number of sulfonamides is 1. The van der Waals surface area contributed by atoms with Gasteiger partial charge in [-0.1, -0.05) is 13.0 Å². The average Bonchev–Trinajstić information content (AvgIpc) is 2.54. The summed E-state index contributed by atoms with van der Waals surface area (Å²) in [6.45, 7) is 7.19. The Balaban J connectivity index is 2.97. The van der Waals surface area contributed by atoms with E-state index in [2.05, 4.69) is 11.9 Å². The van der Waals surface area contributed by atoms with Gasteiger partial charge in [0, 0.05) is 12.6 Å². The van der Waals surface area contributed by atoms with Crippen molar-refractivity contribution in [3.05, 3.63) is 36.9 Å². The lowest BCUT2D eigenvalue weighted by molar-refractivity contribution is -0.121. The van der Waals surface area contributed by atoms with Crippen LogP contribution in [0.1, 0.15) is 20.3 Å². The van der Waals surface area contributed by atoms with E-state index < -0.39 is 10.0 Å². The fraction of sp³-hybridized carbons (Fsp3) is 0.438. The molecule has 128 valence electrons. The molecule has 0 radical (unpaired) electrons. The number of hydrogen-bond donors (Lipinski definition) is 1. The fourth-order valence-electron chi connectivity index (χ4n) is 1.87. The highest BCUT2D eigenvalue weighted by Crippen LogP contribution is 2.19. The molecule has 6 nitrogen and oxygen atoms in total. The summed E-state index contributed by atoms with van der Waals surface area (Å²) < 4.78 is 31.5. The number of hydrogen-bond acceptors (Lipinski definition) is 4. The highest BCUT2D eigenvalue weighted by molar-refractivity contribution is 7.89. The molecule has 1 N–H and O–H groups in total. The van der Waals surface area contributed by atoms with Crippen molar-refractivity contribution >= 4 is 15.9 Å². The van der Waals surface area contributed by atoms with Gasteiger partial charge in [-0.2, -0.15) is 4.31 Å². The Morgan fingerprint density at radius 1 is 1.39 bits per heavy atom. The van der Waals surface area contributed by atoms with Gasteiger partial charge in [0.1, 0.15) is 5.75 Å². The van der Waals surface area contributed by atoms with Crippen LogP contribution in [0.25, 0.3) is 0 Å². The molecule has 1 aromatic rings. The molecule has 0 saturated carbocycles. The van der Waals surface area contributed by atoms with Crippen molar-refractivity contribution in [2.75, 3.05) is 20.2 Å². The second-order valence-corrected chi connectivity index (χ2v) is 7.08. The number of amides is 1. The molecular weight excluding hydrogens is 316 g/mol. The second-order valence-electron chi connectivity index (χ2n) is 5.14. The first-order chi connectivity index (χ1) is 10.8. The van der Waals surface area contributed by atoms with Crippen LogP contribution in [0.5, 0.6) is 5.75 Å².